The number of rotatable bonds is 2. The largest absolute Gasteiger partial charge is 0.376 e. The minimum atomic E-state index is 0.353. The van der Waals surface area contributed by atoms with Gasteiger partial charge in [-0.05, 0) is 37.4 Å². The van der Waals surface area contributed by atoms with Gasteiger partial charge < -0.3 is 15.5 Å². The van der Waals surface area contributed by atoms with Gasteiger partial charge in [-0.3, -0.25) is 0 Å². The van der Waals surface area contributed by atoms with E-state index < -0.39 is 0 Å². The normalized spacial score (nSPS) is 33.0. The summed E-state index contributed by atoms with van der Waals surface area (Å²) in [6.45, 7) is 0.839. The van der Waals surface area contributed by atoms with E-state index in [0.717, 1.165) is 18.9 Å². The van der Waals surface area contributed by atoms with E-state index in [1.165, 1.54) is 12.8 Å². The van der Waals surface area contributed by atoms with E-state index >= 15 is 0 Å². The summed E-state index contributed by atoms with van der Waals surface area (Å²) in [5, 5.41) is 3.69. The molecule has 1 aliphatic heterocycles. The summed E-state index contributed by atoms with van der Waals surface area (Å²) < 4.78 is 5.64. The lowest BCUT2D eigenvalue weighted by Gasteiger charge is -2.20. The lowest BCUT2D eigenvalue weighted by Crippen LogP contribution is -2.48. The van der Waals surface area contributed by atoms with E-state index in [0.29, 0.717) is 17.3 Å². The Hall–Kier alpha value is -0.390. The van der Waals surface area contributed by atoms with Gasteiger partial charge in [0.25, 0.3) is 0 Å². The molecule has 0 bridgehead atoms. The molecular formula is C8H15N3OS. The molecule has 4 nitrogen and oxygen atoms in total. The van der Waals surface area contributed by atoms with Crippen LogP contribution in [0, 0.1) is 5.92 Å². The highest BCUT2D eigenvalue weighted by Crippen LogP contribution is 2.38. The molecule has 0 aromatic carbocycles. The second kappa shape index (κ2) is 3.77. The highest BCUT2D eigenvalue weighted by Gasteiger charge is 2.40. The predicted octanol–water partition coefficient (Wildman–Crippen LogP) is -0.108. The summed E-state index contributed by atoms with van der Waals surface area (Å²) in [5.74, 6) is 5.94. The standard InChI is InChI=1S/C8H15N3OS/c9-11-8(13)10-6-3-4-12-7(6)5-1-2-5/h5-7H,1-4,9H2,(H2,10,11,13). The molecule has 13 heavy (non-hydrogen) atoms. The second-order valence-corrected chi connectivity index (χ2v) is 4.09. The quantitative estimate of drug-likeness (QED) is 0.331. The zero-order valence-electron chi connectivity index (χ0n) is 7.45. The average molecular weight is 201 g/mol. The van der Waals surface area contributed by atoms with Crippen molar-refractivity contribution in [2.24, 2.45) is 11.8 Å². The third-order valence-corrected chi connectivity index (χ3v) is 2.91. The summed E-state index contributed by atoms with van der Waals surface area (Å²) in [7, 11) is 0. The summed E-state index contributed by atoms with van der Waals surface area (Å²) in [4.78, 5) is 0. The fourth-order valence-electron chi connectivity index (χ4n) is 1.87. The first-order valence-electron chi connectivity index (χ1n) is 4.70. The maximum atomic E-state index is 5.64. The molecule has 4 N–H and O–H groups in total. The number of hydrogen-bond donors (Lipinski definition) is 3. The van der Waals surface area contributed by atoms with Crippen LogP contribution in [0.15, 0.2) is 0 Å². The number of thiocarbonyl (C=S) groups is 1. The van der Waals surface area contributed by atoms with Crippen molar-refractivity contribution in [3.63, 3.8) is 0 Å². The van der Waals surface area contributed by atoms with Crippen molar-refractivity contribution in [3.05, 3.63) is 0 Å². The third kappa shape index (κ3) is 2.10. The van der Waals surface area contributed by atoms with Crippen molar-refractivity contribution in [2.45, 2.75) is 31.4 Å². The van der Waals surface area contributed by atoms with Gasteiger partial charge in [-0.25, -0.2) is 5.84 Å². The molecule has 1 heterocycles. The summed E-state index contributed by atoms with van der Waals surface area (Å²) in [5.41, 5.74) is 2.44. The van der Waals surface area contributed by atoms with Gasteiger partial charge in [-0.1, -0.05) is 0 Å². The van der Waals surface area contributed by atoms with Crippen molar-refractivity contribution >= 4 is 17.3 Å². The van der Waals surface area contributed by atoms with Crippen LogP contribution in [-0.4, -0.2) is 23.9 Å². The van der Waals surface area contributed by atoms with E-state index in [4.69, 9.17) is 22.8 Å². The molecule has 0 amide bonds. The molecule has 1 aliphatic carbocycles. The first-order chi connectivity index (χ1) is 6.31. The Morgan fingerprint density at radius 1 is 1.38 bits per heavy atom. The van der Waals surface area contributed by atoms with Crippen molar-refractivity contribution in [3.8, 4) is 0 Å². The van der Waals surface area contributed by atoms with Crippen LogP contribution < -0.4 is 16.6 Å². The molecule has 1 saturated heterocycles. The minimum Gasteiger partial charge on any atom is -0.376 e. The molecule has 2 fully saturated rings. The summed E-state index contributed by atoms with van der Waals surface area (Å²) >= 11 is 4.95. The highest BCUT2D eigenvalue weighted by atomic mass is 32.1. The highest BCUT2D eigenvalue weighted by molar-refractivity contribution is 7.80. The van der Waals surface area contributed by atoms with Crippen LogP contribution in [0.4, 0.5) is 0 Å². The van der Waals surface area contributed by atoms with Gasteiger partial charge in [0, 0.05) is 6.61 Å². The molecule has 1 saturated carbocycles. The van der Waals surface area contributed by atoms with Gasteiger partial charge in [-0.15, -0.1) is 0 Å². The van der Waals surface area contributed by atoms with Gasteiger partial charge in [0.2, 0.25) is 0 Å². The fourth-order valence-corrected chi connectivity index (χ4v) is 2.02. The Labute approximate surface area is 83.2 Å². The first-order valence-corrected chi connectivity index (χ1v) is 5.11. The summed E-state index contributed by atoms with van der Waals surface area (Å²) in [6.07, 6.45) is 3.98. The van der Waals surface area contributed by atoms with Gasteiger partial charge in [0.05, 0.1) is 12.1 Å². The molecule has 0 spiro atoms. The zero-order valence-corrected chi connectivity index (χ0v) is 8.27. The molecule has 74 valence electrons. The van der Waals surface area contributed by atoms with Crippen LogP contribution in [0.5, 0.6) is 0 Å². The zero-order chi connectivity index (χ0) is 9.26. The van der Waals surface area contributed by atoms with Crippen LogP contribution in [0.25, 0.3) is 0 Å². The fraction of sp³-hybridized carbons (Fsp3) is 0.875. The number of hydrogen-bond acceptors (Lipinski definition) is 3. The van der Waals surface area contributed by atoms with Crippen LogP contribution >= 0.6 is 12.2 Å². The molecular weight excluding hydrogens is 186 g/mol. The van der Waals surface area contributed by atoms with Crippen LogP contribution in [0.2, 0.25) is 0 Å². The molecule has 2 aliphatic rings. The Bertz CT molecular complexity index is 208. The van der Waals surface area contributed by atoms with E-state index in [1.54, 1.807) is 0 Å². The maximum Gasteiger partial charge on any atom is 0.180 e. The van der Waals surface area contributed by atoms with Crippen molar-refractivity contribution in [1.29, 1.82) is 0 Å². The molecule has 0 aromatic rings. The number of nitrogens with one attached hydrogen (secondary N) is 2. The second-order valence-electron chi connectivity index (χ2n) is 3.69. The minimum absolute atomic E-state index is 0.353. The first kappa shape index (κ1) is 9.18. The van der Waals surface area contributed by atoms with Gasteiger partial charge in [-0.2, -0.15) is 0 Å². The van der Waals surface area contributed by atoms with Gasteiger partial charge >= 0.3 is 0 Å². The van der Waals surface area contributed by atoms with Crippen molar-refractivity contribution < 1.29 is 4.74 Å². The lowest BCUT2D eigenvalue weighted by atomic mass is 10.1. The Morgan fingerprint density at radius 3 is 2.77 bits per heavy atom. The molecule has 0 radical (unpaired) electrons. The molecule has 5 heteroatoms. The topological polar surface area (TPSA) is 59.3 Å². The van der Waals surface area contributed by atoms with Gasteiger partial charge in [0.1, 0.15) is 0 Å². The van der Waals surface area contributed by atoms with E-state index in [9.17, 15) is 0 Å². The van der Waals surface area contributed by atoms with Crippen LogP contribution in [-0.2, 0) is 4.74 Å². The number of ether oxygens (including phenoxy) is 1. The predicted molar refractivity (Wildman–Crippen MR) is 53.9 cm³/mol. The van der Waals surface area contributed by atoms with Crippen molar-refractivity contribution in [2.75, 3.05) is 6.61 Å². The molecule has 2 rings (SSSR count). The average Bonchev–Trinajstić information content (AvgIpc) is 2.88. The molecule has 0 aromatic heterocycles. The molecule has 2 unspecified atom stereocenters. The Morgan fingerprint density at radius 2 is 2.15 bits per heavy atom. The number of nitrogens with two attached hydrogens (primary N) is 1. The third-order valence-electron chi connectivity index (χ3n) is 2.67. The van der Waals surface area contributed by atoms with Gasteiger partial charge in [0.15, 0.2) is 5.11 Å². The SMILES string of the molecule is NNC(=S)NC1CCOC1C1CC1. The maximum absolute atomic E-state index is 5.64. The van der Waals surface area contributed by atoms with Crippen LogP contribution in [0.1, 0.15) is 19.3 Å². The van der Waals surface area contributed by atoms with E-state index in [2.05, 4.69) is 10.7 Å². The smallest absolute Gasteiger partial charge is 0.180 e. The van der Waals surface area contributed by atoms with Crippen molar-refractivity contribution in [1.82, 2.24) is 10.7 Å². The number of hydrazine groups is 1. The lowest BCUT2D eigenvalue weighted by molar-refractivity contribution is 0.0843. The van der Waals surface area contributed by atoms with E-state index in [1.807, 2.05) is 0 Å². The Balaban J connectivity index is 1.85. The summed E-state index contributed by atoms with van der Waals surface area (Å²) in [6, 6.07) is 0.357. The van der Waals surface area contributed by atoms with Crippen LogP contribution in [0.3, 0.4) is 0 Å². The van der Waals surface area contributed by atoms with E-state index in [-0.39, 0.29) is 0 Å². The molecule has 2 atom stereocenters. The monoisotopic (exact) mass is 201 g/mol. The Kier molecular flexibility index (Phi) is 2.66.